The van der Waals surface area contributed by atoms with Gasteiger partial charge in [-0.2, -0.15) is 0 Å². The Morgan fingerprint density at radius 3 is 2.46 bits per heavy atom. The summed E-state index contributed by atoms with van der Waals surface area (Å²) in [6.07, 6.45) is 0. The second-order valence-corrected chi connectivity index (χ2v) is 3.62. The predicted octanol–water partition coefficient (Wildman–Crippen LogP) is 2.90. The minimum absolute atomic E-state index is 0.0341. The first kappa shape index (κ1) is 10.2. The summed E-state index contributed by atoms with van der Waals surface area (Å²) in [6.45, 7) is 3.10. The quantitative estimate of drug-likeness (QED) is 0.828. The van der Waals surface area contributed by atoms with Crippen LogP contribution in [0.15, 0.2) is 10.5 Å². The van der Waals surface area contributed by atoms with Gasteiger partial charge in [0.2, 0.25) is 0 Å². The van der Waals surface area contributed by atoms with Gasteiger partial charge in [-0.15, -0.1) is 0 Å². The van der Waals surface area contributed by atoms with Crippen molar-refractivity contribution in [1.29, 1.82) is 0 Å². The van der Waals surface area contributed by atoms with Crippen LogP contribution in [-0.4, -0.2) is 11.1 Å². The van der Waals surface area contributed by atoms with Gasteiger partial charge in [0, 0.05) is 4.47 Å². The van der Waals surface area contributed by atoms with Gasteiger partial charge in [0.15, 0.2) is 0 Å². The number of hydrogen-bond acceptors (Lipinski definition) is 1. The van der Waals surface area contributed by atoms with E-state index >= 15 is 0 Å². The van der Waals surface area contributed by atoms with Gasteiger partial charge in [-0.1, -0.05) is 15.9 Å². The summed E-state index contributed by atoms with van der Waals surface area (Å²) in [7, 11) is 0. The lowest BCUT2D eigenvalue weighted by Gasteiger charge is -2.07. The molecule has 1 aromatic rings. The summed E-state index contributed by atoms with van der Waals surface area (Å²) < 4.78 is 13.6. The smallest absolute Gasteiger partial charge is 0.336 e. The molecule has 0 aliphatic heterocycles. The molecule has 1 aromatic carbocycles. The number of carboxylic acid groups (broad SMARTS) is 1. The van der Waals surface area contributed by atoms with Crippen molar-refractivity contribution >= 4 is 21.9 Å². The monoisotopic (exact) mass is 246 g/mol. The average Bonchev–Trinajstić information content (AvgIpc) is 2.01. The van der Waals surface area contributed by atoms with Gasteiger partial charge >= 0.3 is 5.97 Å². The SMILES string of the molecule is Cc1c(F)cc(Br)c(C)c1C(=O)O. The lowest BCUT2D eigenvalue weighted by Crippen LogP contribution is -2.05. The second kappa shape index (κ2) is 3.46. The molecule has 70 valence electrons. The number of benzene rings is 1. The molecule has 0 aromatic heterocycles. The third-order valence-corrected chi connectivity index (χ3v) is 2.76. The second-order valence-electron chi connectivity index (χ2n) is 2.77. The molecule has 0 aliphatic carbocycles. The number of carboxylic acids is 1. The van der Waals surface area contributed by atoms with E-state index in [2.05, 4.69) is 15.9 Å². The third-order valence-electron chi connectivity index (χ3n) is 1.93. The van der Waals surface area contributed by atoms with E-state index in [9.17, 15) is 9.18 Å². The first-order chi connectivity index (χ1) is 5.95. The first-order valence-corrected chi connectivity index (χ1v) is 4.43. The van der Waals surface area contributed by atoms with Crippen molar-refractivity contribution in [1.82, 2.24) is 0 Å². The van der Waals surface area contributed by atoms with Crippen LogP contribution in [0.2, 0.25) is 0 Å². The fourth-order valence-electron chi connectivity index (χ4n) is 1.17. The molecule has 1 N–H and O–H groups in total. The topological polar surface area (TPSA) is 37.3 Å². The zero-order valence-electron chi connectivity index (χ0n) is 7.19. The molecule has 0 spiro atoms. The highest BCUT2D eigenvalue weighted by atomic mass is 79.9. The molecule has 0 bridgehead atoms. The standard InChI is InChI=1S/C9H8BrFO2/c1-4-6(10)3-7(11)5(2)8(4)9(12)13/h3H,1-2H3,(H,12,13). The summed E-state index contributed by atoms with van der Waals surface area (Å²) in [4.78, 5) is 10.8. The summed E-state index contributed by atoms with van der Waals surface area (Å²) in [6, 6.07) is 1.27. The summed E-state index contributed by atoms with van der Waals surface area (Å²) in [5.74, 6) is -1.61. The Morgan fingerprint density at radius 2 is 2.00 bits per heavy atom. The molecule has 1 rings (SSSR count). The highest BCUT2D eigenvalue weighted by Crippen LogP contribution is 2.25. The molecule has 0 aliphatic rings. The molecule has 0 amide bonds. The van der Waals surface area contributed by atoms with E-state index in [1.165, 1.54) is 13.0 Å². The number of halogens is 2. The molecule has 2 nitrogen and oxygen atoms in total. The van der Waals surface area contributed by atoms with Crippen molar-refractivity contribution in [3.8, 4) is 0 Å². The fraction of sp³-hybridized carbons (Fsp3) is 0.222. The maximum absolute atomic E-state index is 13.1. The Bertz CT molecular complexity index is 348. The van der Waals surface area contributed by atoms with E-state index < -0.39 is 11.8 Å². The van der Waals surface area contributed by atoms with Gasteiger partial charge in [0.25, 0.3) is 0 Å². The Morgan fingerprint density at radius 1 is 1.46 bits per heavy atom. The maximum Gasteiger partial charge on any atom is 0.336 e. The van der Waals surface area contributed by atoms with Crippen molar-refractivity contribution in [2.45, 2.75) is 13.8 Å². The molecule has 13 heavy (non-hydrogen) atoms. The third kappa shape index (κ3) is 1.72. The van der Waals surface area contributed by atoms with Crippen LogP contribution in [0.1, 0.15) is 21.5 Å². The highest BCUT2D eigenvalue weighted by molar-refractivity contribution is 9.10. The summed E-state index contributed by atoms with van der Waals surface area (Å²) in [5, 5.41) is 8.81. The van der Waals surface area contributed by atoms with Crippen molar-refractivity contribution in [3.05, 3.63) is 33.0 Å². The van der Waals surface area contributed by atoms with Gasteiger partial charge < -0.3 is 5.11 Å². The number of carbonyl (C=O) groups is 1. The molecule has 0 saturated carbocycles. The van der Waals surface area contributed by atoms with Crippen LogP contribution in [0.4, 0.5) is 4.39 Å². The van der Waals surface area contributed by atoms with Crippen molar-refractivity contribution in [2.75, 3.05) is 0 Å². The van der Waals surface area contributed by atoms with Gasteiger partial charge in [0.1, 0.15) is 5.82 Å². The van der Waals surface area contributed by atoms with Crippen LogP contribution in [0.25, 0.3) is 0 Å². The van der Waals surface area contributed by atoms with Crippen LogP contribution >= 0.6 is 15.9 Å². The van der Waals surface area contributed by atoms with Gasteiger partial charge in [-0.25, -0.2) is 9.18 Å². The molecule has 0 radical (unpaired) electrons. The highest BCUT2D eigenvalue weighted by Gasteiger charge is 2.16. The largest absolute Gasteiger partial charge is 0.478 e. The van der Waals surface area contributed by atoms with Crippen molar-refractivity contribution < 1.29 is 14.3 Å². The van der Waals surface area contributed by atoms with Crippen LogP contribution < -0.4 is 0 Å². The van der Waals surface area contributed by atoms with Crippen molar-refractivity contribution in [2.24, 2.45) is 0 Å². The van der Waals surface area contributed by atoms with E-state index in [1.54, 1.807) is 6.92 Å². The normalized spacial score (nSPS) is 10.2. The van der Waals surface area contributed by atoms with Gasteiger partial charge in [-0.05, 0) is 31.0 Å². The summed E-state index contributed by atoms with van der Waals surface area (Å²) >= 11 is 3.10. The van der Waals surface area contributed by atoms with E-state index in [-0.39, 0.29) is 11.1 Å². The van der Waals surface area contributed by atoms with E-state index in [1.807, 2.05) is 0 Å². The lowest BCUT2D eigenvalue weighted by molar-refractivity contribution is 0.0694. The van der Waals surface area contributed by atoms with E-state index in [0.29, 0.717) is 10.0 Å². The fourth-order valence-corrected chi connectivity index (χ4v) is 1.57. The number of rotatable bonds is 1. The molecule has 0 saturated heterocycles. The number of aromatic carboxylic acids is 1. The van der Waals surface area contributed by atoms with Crippen molar-refractivity contribution in [3.63, 3.8) is 0 Å². The maximum atomic E-state index is 13.1. The Balaban J connectivity index is 3.56. The zero-order chi connectivity index (χ0) is 10.2. The minimum atomic E-state index is -1.10. The minimum Gasteiger partial charge on any atom is -0.478 e. The van der Waals surface area contributed by atoms with Crippen LogP contribution in [-0.2, 0) is 0 Å². The Hall–Kier alpha value is -0.900. The molecule has 0 heterocycles. The number of hydrogen-bond donors (Lipinski definition) is 1. The molecular weight excluding hydrogens is 239 g/mol. The molecule has 0 unspecified atom stereocenters. The van der Waals surface area contributed by atoms with Crippen LogP contribution in [0.5, 0.6) is 0 Å². The molecule has 0 fully saturated rings. The Labute approximate surface area is 83.5 Å². The molecule has 4 heteroatoms. The van der Waals surface area contributed by atoms with Crippen LogP contribution in [0.3, 0.4) is 0 Å². The predicted molar refractivity (Wildman–Crippen MR) is 50.5 cm³/mol. The van der Waals surface area contributed by atoms with Gasteiger partial charge in [0.05, 0.1) is 5.56 Å². The van der Waals surface area contributed by atoms with E-state index in [0.717, 1.165) is 0 Å². The summed E-state index contributed by atoms with van der Waals surface area (Å²) in [5.41, 5.74) is 0.756. The van der Waals surface area contributed by atoms with Crippen LogP contribution in [0, 0.1) is 19.7 Å². The van der Waals surface area contributed by atoms with E-state index in [4.69, 9.17) is 5.11 Å². The average molecular weight is 247 g/mol. The Kier molecular flexibility index (Phi) is 2.71. The lowest BCUT2D eigenvalue weighted by atomic mass is 10.0. The first-order valence-electron chi connectivity index (χ1n) is 3.63. The van der Waals surface area contributed by atoms with Gasteiger partial charge in [-0.3, -0.25) is 0 Å². The molecule has 0 atom stereocenters. The zero-order valence-corrected chi connectivity index (χ0v) is 8.77. The molecular formula is C9H8BrFO2.